The predicted octanol–water partition coefficient (Wildman–Crippen LogP) is 2.22. The quantitative estimate of drug-likeness (QED) is 0.823. The highest BCUT2D eigenvalue weighted by Crippen LogP contribution is 2.27. The summed E-state index contributed by atoms with van der Waals surface area (Å²) < 4.78 is 0. The lowest BCUT2D eigenvalue weighted by Crippen LogP contribution is -2.46. The minimum atomic E-state index is 0.0383. The lowest BCUT2D eigenvalue weighted by Gasteiger charge is -2.35. The van der Waals surface area contributed by atoms with Crippen LogP contribution in [0.5, 0.6) is 0 Å². The standard InChI is InChI=1S/C15H21N3O/c1-4-16-9-12(2)10-18-14-8-6-5-7-13(14)11-17(3)15(18)19/h5-8,16H,2,4,9-11H2,1,3H3. The van der Waals surface area contributed by atoms with Crippen LogP contribution in [0.1, 0.15) is 12.5 Å². The number of rotatable bonds is 5. The minimum absolute atomic E-state index is 0.0383. The molecule has 1 aliphatic rings. The molecule has 102 valence electrons. The Balaban J connectivity index is 2.18. The second-order valence-corrected chi connectivity index (χ2v) is 4.88. The summed E-state index contributed by atoms with van der Waals surface area (Å²) in [5.74, 6) is 0. The van der Waals surface area contributed by atoms with Crippen LogP contribution in [0.3, 0.4) is 0 Å². The third kappa shape index (κ3) is 2.96. The summed E-state index contributed by atoms with van der Waals surface area (Å²) in [6.07, 6.45) is 0. The molecule has 1 aromatic carbocycles. The second kappa shape index (κ2) is 5.89. The molecule has 2 rings (SSSR count). The molecule has 0 saturated heterocycles. The van der Waals surface area contributed by atoms with Crippen LogP contribution < -0.4 is 10.2 Å². The van der Waals surface area contributed by atoms with E-state index in [2.05, 4.69) is 24.9 Å². The Kier molecular flexibility index (Phi) is 4.22. The number of fused-ring (bicyclic) bond motifs is 1. The number of hydrogen-bond donors (Lipinski definition) is 1. The van der Waals surface area contributed by atoms with Crippen molar-refractivity contribution in [1.82, 2.24) is 10.2 Å². The number of benzene rings is 1. The van der Waals surface area contributed by atoms with Gasteiger partial charge in [0.2, 0.25) is 0 Å². The van der Waals surface area contributed by atoms with Crippen molar-refractivity contribution in [2.24, 2.45) is 0 Å². The first kappa shape index (κ1) is 13.6. The maximum Gasteiger partial charge on any atom is 0.324 e. The summed E-state index contributed by atoms with van der Waals surface area (Å²) in [5, 5.41) is 3.24. The molecule has 2 amide bonds. The number of para-hydroxylation sites is 1. The summed E-state index contributed by atoms with van der Waals surface area (Å²) in [7, 11) is 1.83. The van der Waals surface area contributed by atoms with E-state index < -0.39 is 0 Å². The van der Waals surface area contributed by atoms with Gasteiger partial charge in [0.25, 0.3) is 0 Å². The predicted molar refractivity (Wildman–Crippen MR) is 78.3 cm³/mol. The van der Waals surface area contributed by atoms with Gasteiger partial charge in [-0.15, -0.1) is 0 Å². The first-order valence-electron chi connectivity index (χ1n) is 6.61. The number of urea groups is 1. The van der Waals surface area contributed by atoms with Crippen LogP contribution in [0.15, 0.2) is 36.4 Å². The highest BCUT2D eigenvalue weighted by atomic mass is 16.2. The Bertz CT molecular complexity index is 484. The number of amides is 2. The van der Waals surface area contributed by atoms with Gasteiger partial charge in [-0.3, -0.25) is 4.90 Å². The molecule has 4 heteroatoms. The number of nitrogens with zero attached hydrogens (tertiary/aromatic N) is 2. The van der Waals surface area contributed by atoms with Gasteiger partial charge in [0, 0.05) is 26.7 Å². The Morgan fingerprint density at radius 2 is 2.16 bits per heavy atom. The van der Waals surface area contributed by atoms with Gasteiger partial charge in [0.1, 0.15) is 0 Å². The molecular weight excluding hydrogens is 238 g/mol. The van der Waals surface area contributed by atoms with Crippen molar-refractivity contribution in [3.63, 3.8) is 0 Å². The number of hydrogen-bond acceptors (Lipinski definition) is 2. The van der Waals surface area contributed by atoms with Crippen LogP contribution in [0.2, 0.25) is 0 Å². The highest BCUT2D eigenvalue weighted by molar-refractivity contribution is 5.95. The van der Waals surface area contributed by atoms with Gasteiger partial charge in [-0.2, -0.15) is 0 Å². The molecule has 4 nitrogen and oxygen atoms in total. The van der Waals surface area contributed by atoms with Crippen LogP contribution in [0.4, 0.5) is 10.5 Å². The van der Waals surface area contributed by atoms with E-state index in [0.717, 1.165) is 24.4 Å². The number of nitrogens with one attached hydrogen (secondary N) is 1. The van der Waals surface area contributed by atoms with Crippen LogP contribution >= 0.6 is 0 Å². The molecule has 0 spiro atoms. The molecule has 1 heterocycles. The molecule has 1 N–H and O–H groups in total. The van der Waals surface area contributed by atoms with E-state index in [1.54, 1.807) is 9.80 Å². The van der Waals surface area contributed by atoms with Gasteiger partial charge in [-0.1, -0.05) is 31.7 Å². The second-order valence-electron chi connectivity index (χ2n) is 4.88. The number of carbonyl (C=O) groups is 1. The molecule has 0 aromatic heterocycles. The molecule has 0 saturated carbocycles. The van der Waals surface area contributed by atoms with Gasteiger partial charge in [0.15, 0.2) is 0 Å². The fraction of sp³-hybridized carbons (Fsp3) is 0.400. The smallest absolute Gasteiger partial charge is 0.323 e. The number of carbonyl (C=O) groups excluding carboxylic acids is 1. The van der Waals surface area contributed by atoms with Crippen LogP contribution in [-0.2, 0) is 6.54 Å². The molecular formula is C15H21N3O. The zero-order valence-electron chi connectivity index (χ0n) is 11.6. The van der Waals surface area contributed by atoms with E-state index in [-0.39, 0.29) is 6.03 Å². The highest BCUT2D eigenvalue weighted by Gasteiger charge is 2.27. The van der Waals surface area contributed by atoms with E-state index in [1.807, 2.05) is 25.2 Å². The average Bonchev–Trinajstić information content (AvgIpc) is 2.41. The normalized spacial score (nSPS) is 14.5. The largest absolute Gasteiger partial charge is 0.324 e. The van der Waals surface area contributed by atoms with Gasteiger partial charge < -0.3 is 10.2 Å². The van der Waals surface area contributed by atoms with E-state index in [4.69, 9.17) is 0 Å². The van der Waals surface area contributed by atoms with Crippen LogP contribution in [0.25, 0.3) is 0 Å². The summed E-state index contributed by atoms with van der Waals surface area (Å²) >= 11 is 0. The summed E-state index contributed by atoms with van der Waals surface area (Å²) in [5.41, 5.74) is 3.20. The molecule has 0 unspecified atom stereocenters. The van der Waals surface area contributed by atoms with Crippen molar-refractivity contribution in [3.8, 4) is 0 Å². The Morgan fingerprint density at radius 1 is 1.42 bits per heavy atom. The number of likely N-dealkylation sites (N-methyl/N-ethyl adjacent to an activating group) is 1. The Morgan fingerprint density at radius 3 is 2.89 bits per heavy atom. The third-order valence-electron chi connectivity index (χ3n) is 3.25. The molecule has 1 aromatic rings. The van der Waals surface area contributed by atoms with Crippen molar-refractivity contribution in [1.29, 1.82) is 0 Å². The summed E-state index contributed by atoms with van der Waals surface area (Å²) in [6.45, 7) is 8.98. The van der Waals surface area contributed by atoms with E-state index in [0.29, 0.717) is 13.1 Å². The molecule has 1 aliphatic heterocycles. The molecule has 19 heavy (non-hydrogen) atoms. The summed E-state index contributed by atoms with van der Waals surface area (Å²) in [4.78, 5) is 15.8. The first-order valence-corrected chi connectivity index (χ1v) is 6.61. The molecule has 0 aliphatic carbocycles. The maximum atomic E-state index is 12.3. The van der Waals surface area contributed by atoms with E-state index in [9.17, 15) is 4.79 Å². The monoisotopic (exact) mass is 259 g/mol. The van der Waals surface area contributed by atoms with Gasteiger partial charge in [0.05, 0.1) is 5.69 Å². The topological polar surface area (TPSA) is 35.6 Å². The van der Waals surface area contributed by atoms with Crippen molar-refractivity contribution >= 4 is 11.7 Å². The Hall–Kier alpha value is -1.81. The fourth-order valence-electron chi connectivity index (χ4n) is 2.27. The molecule has 0 atom stereocenters. The average molecular weight is 259 g/mol. The number of anilines is 1. The maximum absolute atomic E-state index is 12.3. The van der Waals surface area contributed by atoms with Gasteiger partial charge in [-0.25, -0.2) is 4.79 Å². The molecule has 0 fully saturated rings. The molecule has 0 radical (unpaired) electrons. The van der Waals surface area contributed by atoms with Crippen LogP contribution in [0, 0.1) is 0 Å². The zero-order chi connectivity index (χ0) is 13.8. The fourth-order valence-corrected chi connectivity index (χ4v) is 2.27. The van der Waals surface area contributed by atoms with Crippen LogP contribution in [-0.4, -0.2) is 37.6 Å². The van der Waals surface area contributed by atoms with Crippen molar-refractivity contribution in [3.05, 3.63) is 42.0 Å². The SMILES string of the molecule is C=C(CNCC)CN1C(=O)N(C)Cc2ccccc21. The minimum Gasteiger partial charge on any atom is -0.323 e. The first-order chi connectivity index (χ1) is 9.13. The zero-order valence-corrected chi connectivity index (χ0v) is 11.6. The molecule has 0 bridgehead atoms. The van der Waals surface area contributed by atoms with Crippen molar-refractivity contribution < 1.29 is 4.79 Å². The van der Waals surface area contributed by atoms with E-state index in [1.165, 1.54) is 5.56 Å². The Labute approximate surface area is 114 Å². The van der Waals surface area contributed by atoms with Crippen molar-refractivity contribution in [2.75, 3.05) is 31.6 Å². The van der Waals surface area contributed by atoms with Crippen molar-refractivity contribution in [2.45, 2.75) is 13.5 Å². The van der Waals surface area contributed by atoms with Gasteiger partial charge in [-0.05, 0) is 23.7 Å². The summed E-state index contributed by atoms with van der Waals surface area (Å²) in [6, 6.07) is 8.08. The van der Waals surface area contributed by atoms with Gasteiger partial charge >= 0.3 is 6.03 Å². The lowest BCUT2D eigenvalue weighted by atomic mass is 10.1. The third-order valence-corrected chi connectivity index (χ3v) is 3.25. The lowest BCUT2D eigenvalue weighted by molar-refractivity contribution is 0.211. The van der Waals surface area contributed by atoms with E-state index >= 15 is 0 Å².